The maximum atomic E-state index is 13.2. The van der Waals surface area contributed by atoms with Gasteiger partial charge in [-0.2, -0.15) is 4.31 Å². The first-order chi connectivity index (χ1) is 15.8. The number of carbonyl (C=O) groups excluding carboxylic acids is 2. The van der Waals surface area contributed by atoms with Crippen molar-refractivity contribution in [3.05, 3.63) is 18.2 Å². The lowest BCUT2D eigenvalue weighted by molar-refractivity contribution is -0.129. The molecule has 3 aliphatic rings. The van der Waals surface area contributed by atoms with Crippen LogP contribution in [-0.2, 0) is 29.1 Å². The summed E-state index contributed by atoms with van der Waals surface area (Å²) in [5.74, 6) is -0.791. The Labute approximate surface area is 194 Å². The smallest absolute Gasteiger partial charge is 0.243 e. The van der Waals surface area contributed by atoms with E-state index in [9.17, 15) is 18.0 Å². The van der Waals surface area contributed by atoms with Crippen LogP contribution in [-0.4, -0.2) is 94.6 Å². The number of rotatable bonds is 6. The molecule has 1 unspecified atom stereocenters. The highest BCUT2D eigenvalue weighted by Gasteiger charge is 2.36. The average molecular weight is 481 g/mol. The number of anilines is 2. The second-order valence-corrected chi connectivity index (χ2v) is 10.8. The van der Waals surface area contributed by atoms with Gasteiger partial charge in [0.05, 0.1) is 48.6 Å². The molecule has 11 heteroatoms. The Hall–Kier alpha value is -2.21. The van der Waals surface area contributed by atoms with Crippen molar-refractivity contribution in [2.75, 3.05) is 69.4 Å². The monoisotopic (exact) mass is 480 g/mol. The second-order valence-electron chi connectivity index (χ2n) is 8.82. The minimum atomic E-state index is -3.72. The van der Waals surface area contributed by atoms with Gasteiger partial charge in [0.15, 0.2) is 0 Å². The Morgan fingerprint density at radius 2 is 1.70 bits per heavy atom. The van der Waals surface area contributed by atoms with E-state index >= 15 is 0 Å². The highest BCUT2D eigenvalue weighted by molar-refractivity contribution is 7.89. The van der Waals surface area contributed by atoms with Crippen molar-refractivity contribution in [1.82, 2.24) is 9.21 Å². The molecule has 3 saturated heterocycles. The normalized spacial score (nSPS) is 22.8. The summed E-state index contributed by atoms with van der Waals surface area (Å²) in [6, 6.07) is 4.89. The molecule has 3 aliphatic heterocycles. The maximum absolute atomic E-state index is 13.2. The van der Waals surface area contributed by atoms with E-state index in [1.54, 1.807) is 17.0 Å². The Morgan fingerprint density at radius 3 is 2.30 bits per heavy atom. The quantitative estimate of drug-likeness (QED) is 0.640. The van der Waals surface area contributed by atoms with E-state index in [1.165, 1.54) is 10.4 Å². The summed E-state index contributed by atoms with van der Waals surface area (Å²) in [6.07, 6.45) is 0.155. The van der Waals surface area contributed by atoms with Crippen LogP contribution in [0.3, 0.4) is 0 Å². The summed E-state index contributed by atoms with van der Waals surface area (Å²) >= 11 is 0. The van der Waals surface area contributed by atoms with Gasteiger partial charge in [0, 0.05) is 45.2 Å². The van der Waals surface area contributed by atoms with E-state index in [0.29, 0.717) is 64.8 Å². The molecular formula is C22H32N4O6S. The van der Waals surface area contributed by atoms with Crippen molar-refractivity contribution in [2.45, 2.75) is 31.2 Å². The third-order valence-electron chi connectivity index (χ3n) is 6.34. The second kappa shape index (κ2) is 9.96. The fraction of sp³-hybridized carbons (Fsp3) is 0.636. The van der Waals surface area contributed by atoms with Crippen LogP contribution in [0, 0.1) is 5.92 Å². The zero-order valence-electron chi connectivity index (χ0n) is 19.2. The average Bonchev–Trinajstić information content (AvgIpc) is 3.22. The van der Waals surface area contributed by atoms with Gasteiger partial charge >= 0.3 is 0 Å². The molecule has 3 fully saturated rings. The predicted molar refractivity (Wildman–Crippen MR) is 123 cm³/mol. The van der Waals surface area contributed by atoms with Crippen LogP contribution in [0.5, 0.6) is 0 Å². The number of amides is 2. The van der Waals surface area contributed by atoms with Crippen LogP contribution in [0.15, 0.2) is 23.1 Å². The van der Waals surface area contributed by atoms with Gasteiger partial charge in [-0.1, -0.05) is 0 Å². The van der Waals surface area contributed by atoms with E-state index in [0.717, 1.165) is 5.69 Å². The molecule has 0 radical (unpaired) electrons. The molecule has 33 heavy (non-hydrogen) atoms. The number of likely N-dealkylation sites (tertiary alicyclic amines) is 1. The van der Waals surface area contributed by atoms with E-state index < -0.39 is 15.9 Å². The molecule has 0 spiro atoms. The number of nitrogens with zero attached hydrogens (tertiary/aromatic N) is 3. The van der Waals surface area contributed by atoms with Crippen molar-refractivity contribution in [2.24, 2.45) is 5.92 Å². The van der Waals surface area contributed by atoms with Crippen molar-refractivity contribution in [3.8, 4) is 0 Å². The van der Waals surface area contributed by atoms with Crippen molar-refractivity contribution in [3.63, 3.8) is 0 Å². The van der Waals surface area contributed by atoms with E-state index in [1.807, 2.05) is 13.8 Å². The SMILES string of the molecule is CC(C)N1CC(C(=O)Nc2cc(S(=O)(=O)N3CCOCC3)ccc2N2CCOCC2)CC1=O. The number of sulfonamides is 1. The fourth-order valence-electron chi connectivity index (χ4n) is 4.43. The van der Waals surface area contributed by atoms with Gasteiger partial charge in [0.1, 0.15) is 0 Å². The van der Waals surface area contributed by atoms with Gasteiger partial charge in [-0.15, -0.1) is 0 Å². The van der Waals surface area contributed by atoms with Gasteiger partial charge in [0.25, 0.3) is 0 Å². The summed E-state index contributed by atoms with van der Waals surface area (Å²) < 4.78 is 38.5. The lowest BCUT2D eigenvalue weighted by atomic mass is 10.1. The molecule has 0 bridgehead atoms. The van der Waals surface area contributed by atoms with Gasteiger partial charge in [-0.05, 0) is 32.0 Å². The molecule has 0 aromatic heterocycles. The maximum Gasteiger partial charge on any atom is 0.243 e. The van der Waals surface area contributed by atoms with Crippen LogP contribution in [0.2, 0.25) is 0 Å². The summed E-state index contributed by atoms with van der Waals surface area (Å²) in [4.78, 5) is 29.3. The number of hydrogen-bond acceptors (Lipinski definition) is 7. The zero-order chi connectivity index (χ0) is 23.6. The van der Waals surface area contributed by atoms with Crippen molar-refractivity contribution >= 4 is 33.2 Å². The van der Waals surface area contributed by atoms with Crippen LogP contribution < -0.4 is 10.2 Å². The Morgan fingerprint density at radius 1 is 1.06 bits per heavy atom. The summed E-state index contributed by atoms with van der Waals surface area (Å²) in [7, 11) is -3.72. The van der Waals surface area contributed by atoms with Crippen LogP contribution >= 0.6 is 0 Å². The Bertz CT molecular complexity index is 987. The van der Waals surface area contributed by atoms with Crippen LogP contribution in [0.4, 0.5) is 11.4 Å². The van der Waals surface area contributed by atoms with Gasteiger partial charge in [-0.3, -0.25) is 9.59 Å². The Kier molecular flexibility index (Phi) is 7.22. The highest BCUT2D eigenvalue weighted by Crippen LogP contribution is 2.32. The molecule has 182 valence electrons. The predicted octanol–water partition coefficient (Wildman–Crippen LogP) is 0.740. The highest BCUT2D eigenvalue weighted by atomic mass is 32.2. The van der Waals surface area contributed by atoms with Gasteiger partial charge < -0.3 is 24.6 Å². The first-order valence-electron chi connectivity index (χ1n) is 11.4. The minimum Gasteiger partial charge on any atom is -0.379 e. The van der Waals surface area contributed by atoms with E-state index in [-0.39, 0.29) is 29.2 Å². The number of hydrogen-bond donors (Lipinski definition) is 1. The number of carbonyl (C=O) groups is 2. The molecule has 0 saturated carbocycles. The molecule has 1 aromatic rings. The number of morpholine rings is 2. The molecule has 3 heterocycles. The fourth-order valence-corrected chi connectivity index (χ4v) is 5.87. The van der Waals surface area contributed by atoms with Crippen LogP contribution in [0.1, 0.15) is 20.3 Å². The van der Waals surface area contributed by atoms with E-state index in [4.69, 9.17) is 9.47 Å². The zero-order valence-corrected chi connectivity index (χ0v) is 20.0. The minimum absolute atomic E-state index is 0.0289. The molecule has 1 atom stereocenters. The topological polar surface area (TPSA) is 108 Å². The molecule has 10 nitrogen and oxygen atoms in total. The lowest BCUT2D eigenvalue weighted by Crippen LogP contribution is -2.40. The van der Waals surface area contributed by atoms with Crippen LogP contribution in [0.25, 0.3) is 0 Å². The lowest BCUT2D eigenvalue weighted by Gasteiger charge is -2.31. The first kappa shape index (κ1) is 23.9. The van der Waals surface area contributed by atoms with Gasteiger partial charge in [-0.25, -0.2) is 8.42 Å². The number of benzene rings is 1. The summed E-state index contributed by atoms with van der Waals surface area (Å²) in [5.41, 5.74) is 1.18. The Balaban J connectivity index is 1.61. The molecule has 1 aromatic carbocycles. The standard InChI is InChI=1S/C22H32N4O6S/c1-16(2)26-15-17(13-21(26)27)22(28)23-19-14-18(33(29,30)25-7-11-32-12-8-25)3-4-20(19)24-5-9-31-10-6-24/h3-4,14,16-17H,5-13,15H2,1-2H3,(H,23,28). The summed E-state index contributed by atoms with van der Waals surface area (Å²) in [6.45, 7) is 7.92. The first-order valence-corrected chi connectivity index (χ1v) is 12.9. The molecule has 0 aliphatic carbocycles. The summed E-state index contributed by atoms with van der Waals surface area (Å²) in [5, 5.41) is 2.94. The molecule has 1 N–H and O–H groups in total. The third-order valence-corrected chi connectivity index (χ3v) is 8.23. The molecular weight excluding hydrogens is 448 g/mol. The van der Waals surface area contributed by atoms with E-state index in [2.05, 4.69) is 10.2 Å². The van der Waals surface area contributed by atoms with Crippen molar-refractivity contribution in [1.29, 1.82) is 0 Å². The number of ether oxygens (including phenoxy) is 2. The van der Waals surface area contributed by atoms with Crippen molar-refractivity contribution < 1.29 is 27.5 Å². The third kappa shape index (κ3) is 5.16. The molecule has 4 rings (SSSR count). The van der Waals surface area contributed by atoms with Gasteiger partial charge in [0.2, 0.25) is 21.8 Å². The number of nitrogens with one attached hydrogen (secondary N) is 1. The largest absolute Gasteiger partial charge is 0.379 e. The molecule has 2 amide bonds.